The number of rotatable bonds is 3. The van der Waals surface area contributed by atoms with E-state index in [9.17, 15) is 4.79 Å². The van der Waals surface area contributed by atoms with Crippen LogP contribution in [0.25, 0.3) is 10.4 Å². The second kappa shape index (κ2) is 5.45. The lowest BCUT2D eigenvalue weighted by atomic mass is 10.1. The van der Waals surface area contributed by atoms with Gasteiger partial charge in [0.15, 0.2) is 6.29 Å². The fourth-order valence-electron chi connectivity index (χ4n) is 1.63. The second-order valence-corrected chi connectivity index (χ2v) is 3.58. The Labute approximate surface area is 97.8 Å². The third-order valence-electron chi connectivity index (χ3n) is 2.48. The Hall–Kier alpha value is -1.88. The van der Waals surface area contributed by atoms with E-state index in [-0.39, 0.29) is 6.61 Å². The third kappa shape index (κ3) is 2.62. The molecule has 1 unspecified atom stereocenters. The fraction of sp³-hybridized carbons (Fsp3) is 0.364. The van der Waals surface area contributed by atoms with Crippen LogP contribution in [0.1, 0.15) is 11.9 Å². The summed E-state index contributed by atoms with van der Waals surface area (Å²) in [5.41, 5.74) is 9.18. The predicted molar refractivity (Wildman–Crippen MR) is 59.0 cm³/mol. The molecule has 1 fully saturated rings. The zero-order valence-electron chi connectivity index (χ0n) is 8.97. The van der Waals surface area contributed by atoms with E-state index in [2.05, 4.69) is 10.0 Å². The second-order valence-electron chi connectivity index (χ2n) is 3.58. The molecule has 88 valence electrons. The number of ether oxygens (including phenoxy) is 2. The molecule has 0 saturated carbocycles. The van der Waals surface area contributed by atoms with Crippen molar-refractivity contribution in [2.75, 3.05) is 6.61 Å². The van der Waals surface area contributed by atoms with E-state index >= 15 is 0 Å². The Morgan fingerprint density at radius 2 is 2.18 bits per heavy atom. The molecule has 6 nitrogen and oxygen atoms in total. The molecule has 3 atom stereocenters. The normalized spacial score (nSPS) is 28.1. The molecule has 0 aromatic heterocycles. The van der Waals surface area contributed by atoms with Crippen molar-refractivity contribution in [3.8, 4) is 0 Å². The molecule has 0 N–H and O–H groups in total. The summed E-state index contributed by atoms with van der Waals surface area (Å²) in [6.45, 7) is 0.174. The van der Waals surface area contributed by atoms with Crippen molar-refractivity contribution >= 4 is 6.29 Å². The van der Waals surface area contributed by atoms with Gasteiger partial charge in [-0.2, -0.15) is 0 Å². The molecule has 0 aliphatic carbocycles. The van der Waals surface area contributed by atoms with Crippen molar-refractivity contribution in [1.29, 1.82) is 0 Å². The number of benzene rings is 1. The SMILES string of the molecule is [N-]=[N+]=N[C@@H]1COC(c2ccccc2)O[C@H]1C=O. The zero-order valence-corrected chi connectivity index (χ0v) is 8.97. The van der Waals surface area contributed by atoms with Crippen LogP contribution in [0.5, 0.6) is 0 Å². The van der Waals surface area contributed by atoms with Crippen molar-refractivity contribution in [2.45, 2.75) is 18.4 Å². The first-order chi connectivity index (χ1) is 8.35. The Balaban J connectivity index is 2.11. The number of aldehydes is 1. The fourth-order valence-corrected chi connectivity index (χ4v) is 1.63. The minimum Gasteiger partial charge on any atom is -0.348 e. The minimum atomic E-state index is -0.759. The average molecular weight is 233 g/mol. The summed E-state index contributed by atoms with van der Waals surface area (Å²) < 4.78 is 10.8. The Morgan fingerprint density at radius 1 is 1.41 bits per heavy atom. The van der Waals surface area contributed by atoms with E-state index in [0.29, 0.717) is 6.29 Å². The largest absolute Gasteiger partial charge is 0.348 e. The Morgan fingerprint density at radius 3 is 2.82 bits per heavy atom. The molecule has 1 aliphatic rings. The lowest BCUT2D eigenvalue weighted by Crippen LogP contribution is -2.40. The molecular weight excluding hydrogens is 222 g/mol. The van der Waals surface area contributed by atoms with Crippen molar-refractivity contribution in [3.63, 3.8) is 0 Å². The summed E-state index contributed by atoms with van der Waals surface area (Å²) in [5.74, 6) is 0. The van der Waals surface area contributed by atoms with E-state index in [1.165, 1.54) is 0 Å². The maximum absolute atomic E-state index is 10.9. The highest BCUT2D eigenvalue weighted by Crippen LogP contribution is 2.26. The topological polar surface area (TPSA) is 84.3 Å². The van der Waals surface area contributed by atoms with Gasteiger partial charge < -0.3 is 14.3 Å². The van der Waals surface area contributed by atoms with Crippen LogP contribution in [0.15, 0.2) is 35.4 Å². The van der Waals surface area contributed by atoms with Gasteiger partial charge in [0.05, 0.1) is 12.6 Å². The molecule has 1 saturated heterocycles. The van der Waals surface area contributed by atoms with Crippen LogP contribution < -0.4 is 0 Å². The van der Waals surface area contributed by atoms with Gasteiger partial charge in [0.1, 0.15) is 12.4 Å². The van der Waals surface area contributed by atoms with E-state index in [1.807, 2.05) is 30.3 Å². The van der Waals surface area contributed by atoms with Crippen molar-refractivity contribution in [2.24, 2.45) is 5.11 Å². The highest BCUT2D eigenvalue weighted by molar-refractivity contribution is 5.57. The summed E-state index contributed by atoms with van der Waals surface area (Å²) in [6.07, 6.45) is -0.709. The summed E-state index contributed by atoms with van der Waals surface area (Å²) >= 11 is 0. The van der Waals surface area contributed by atoms with Crippen LogP contribution in [-0.2, 0) is 14.3 Å². The van der Waals surface area contributed by atoms with Gasteiger partial charge >= 0.3 is 0 Å². The number of hydrogen-bond donors (Lipinski definition) is 0. The number of hydrogen-bond acceptors (Lipinski definition) is 4. The van der Waals surface area contributed by atoms with Gasteiger partial charge in [0, 0.05) is 10.5 Å². The smallest absolute Gasteiger partial charge is 0.184 e. The maximum atomic E-state index is 10.9. The molecule has 1 aromatic rings. The Kier molecular flexibility index (Phi) is 3.72. The number of carbonyl (C=O) groups is 1. The molecule has 2 rings (SSSR count). The monoisotopic (exact) mass is 233 g/mol. The first-order valence-electron chi connectivity index (χ1n) is 5.16. The van der Waals surface area contributed by atoms with Crippen LogP contribution >= 0.6 is 0 Å². The maximum Gasteiger partial charge on any atom is 0.184 e. The van der Waals surface area contributed by atoms with Crippen molar-refractivity contribution in [3.05, 3.63) is 46.3 Å². The average Bonchev–Trinajstić information content (AvgIpc) is 2.40. The van der Waals surface area contributed by atoms with Crippen molar-refractivity contribution < 1.29 is 14.3 Å². The van der Waals surface area contributed by atoms with E-state index in [1.54, 1.807) is 0 Å². The highest BCUT2D eigenvalue weighted by atomic mass is 16.7. The summed E-state index contributed by atoms with van der Waals surface area (Å²) in [7, 11) is 0. The molecule has 1 heterocycles. The number of nitrogens with zero attached hydrogens (tertiary/aromatic N) is 3. The third-order valence-corrected chi connectivity index (χ3v) is 2.48. The van der Waals surface area contributed by atoms with Crippen LogP contribution in [0.2, 0.25) is 0 Å². The van der Waals surface area contributed by atoms with Gasteiger partial charge in [-0.15, -0.1) is 0 Å². The molecule has 1 aromatic carbocycles. The van der Waals surface area contributed by atoms with Crippen LogP contribution in [0, 0.1) is 0 Å². The van der Waals surface area contributed by atoms with Gasteiger partial charge in [0.25, 0.3) is 0 Å². The van der Waals surface area contributed by atoms with Gasteiger partial charge in [-0.3, -0.25) is 0 Å². The molecule has 0 spiro atoms. The minimum absolute atomic E-state index is 0.174. The van der Waals surface area contributed by atoms with Crippen LogP contribution in [-0.4, -0.2) is 25.0 Å². The summed E-state index contributed by atoms with van der Waals surface area (Å²) in [5, 5.41) is 3.46. The lowest BCUT2D eigenvalue weighted by Gasteiger charge is -2.31. The van der Waals surface area contributed by atoms with Gasteiger partial charge in [-0.25, -0.2) is 0 Å². The Bertz CT molecular complexity index is 431. The molecule has 17 heavy (non-hydrogen) atoms. The summed E-state index contributed by atoms with van der Waals surface area (Å²) in [6, 6.07) is 8.69. The highest BCUT2D eigenvalue weighted by Gasteiger charge is 2.31. The molecule has 6 heteroatoms. The van der Waals surface area contributed by atoms with E-state index in [0.717, 1.165) is 5.56 Å². The van der Waals surface area contributed by atoms with Crippen molar-refractivity contribution in [1.82, 2.24) is 0 Å². The molecule has 0 radical (unpaired) electrons. The van der Waals surface area contributed by atoms with Gasteiger partial charge in [-0.1, -0.05) is 35.4 Å². The van der Waals surface area contributed by atoms with Crippen LogP contribution in [0.3, 0.4) is 0 Å². The van der Waals surface area contributed by atoms with E-state index < -0.39 is 18.4 Å². The first-order valence-corrected chi connectivity index (χ1v) is 5.16. The molecule has 1 aliphatic heterocycles. The number of carbonyl (C=O) groups excluding carboxylic acids is 1. The quantitative estimate of drug-likeness (QED) is 0.346. The lowest BCUT2D eigenvalue weighted by molar-refractivity contribution is -0.217. The molecule has 0 amide bonds. The summed E-state index contributed by atoms with van der Waals surface area (Å²) in [4.78, 5) is 13.5. The first kappa shape index (κ1) is 11.6. The molecular formula is C11H11N3O3. The van der Waals surface area contributed by atoms with Crippen LogP contribution in [0.4, 0.5) is 0 Å². The standard InChI is InChI=1S/C11H11N3O3/c12-14-13-9-7-16-11(17-10(9)6-15)8-4-2-1-3-5-8/h1-6,9-11H,7H2/t9-,10+,11?/m1/s1. The van der Waals surface area contributed by atoms with E-state index in [4.69, 9.17) is 15.0 Å². The number of azide groups is 1. The predicted octanol–water partition coefficient (Wildman–Crippen LogP) is 1.98. The van der Waals surface area contributed by atoms with Gasteiger partial charge in [0.2, 0.25) is 0 Å². The zero-order chi connectivity index (χ0) is 12.1. The van der Waals surface area contributed by atoms with Gasteiger partial charge in [-0.05, 0) is 5.53 Å². The molecule has 0 bridgehead atoms.